The molecule has 2 heteroatoms. The van der Waals surface area contributed by atoms with Gasteiger partial charge >= 0.3 is 0 Å². The number of aromatic hydroxyl groups is 1. The first kappa shape index (κ1) is 13.4. The molecule has 0 spiro atoms. The van der Waals surface area contributed by atoms with Crippen molar-refractivity contribution in [3.8, 4) is 5.75 Å². The van der Waals surface area contributed by atoms with Crippen LogP contribution in [-0.2, 0) is 0 Å². The number of para-hydroxylation sites is 1. The Morgan fingerprint density at radius 1 is 1.33 bits per heavy atom. The first-order valence-corrected chi connectivity index (χ1v) is 7.17. The number of hydrogen-bond donors (Lipinski definition) is 1. The standard InChI is InChI=1S/C16H25NO/c1-4-15(14-7-5-6-8-16(14)18)17-10-9-12(2)11-13(17)3/h5-8,12-13,15,18H,4,9-11H2,1-3H3. The summed E-state index contributed by atoms with van der Waals surface area (Å²) in [4.78, 5) is 2.56. The highest BCUT2D eigenvalue weighted by atomic mass is 16.3. The van der Waals surface area contributed by atoms with Crippen molar-refractivity contribution in [2.75, 3.05) is 6.54 Å². The van der Waals surface area contributed by atoms with Gasteiger partial charge in [-0.2, -0.15) is 0 Å². The fourth-order valence-corrected chi connectivity index (χ4v) is 3.29. The summed E-state index contributed by atoms with van der Waals surface area (Å²) < 4.78 is 0. The van der Waals surface area contributed by atoms with E-state index >= 15 is 0 Å². The summed E-state index contributed by atoms with van der Waals surface area (Å²) in [7, 11) is 0. The molecule has 0 amide bonds. The Kier molecular flexibility index (Phi) is 4.28. The number of likely N-dealkylation sites (tertiary alicyclic amines) is 1. The molecular weight excluding hydrogens is 222 g/mol. The van der Waals surface area contributed by atoms with Gasteiger partial charge in [0.2, 0.25) is 0 Å². The SMILES string of the molecule is CCC(c1ccccc1O)N1CCC(C)CC1C. The van der Waals surface area contributed by atoms with Crippen molar-refractivity contribution >= 4 is 0 Å². The van der Waals surface area contributed by atoms with Crippen LogP contribution in [0.25, 0.3) is 0 Å². The molecule has 1 fully saturated rings. The van der Waals surface area contributed by atoms with Crippen LogP contribution >= 0.6 is 0 Å². The number of rotatable bonds is 3. The zero-order valence-corrected chi connectivity index (χ0v) is 11.8. The van der Waals surface area contributed by atoms with Gasteiger partial charge in [-0.25, -0.2) is 0 Å². The van der Waals surface area contributed by atoms with Crippen LogP contribution in [0.2, 0.25) is 0 Å². The fourth-order valence-electron chi connectivity index (χ4n) is 3.29. The normalized spacial score (nSPS) is 27.1. The summed E-state index contributed by atoms with van der Waals surface area (Å²) >= 11 is 0. The molecule has 0 bridgehead atoms. The van der Waals surface area contributed by atoms with Gasteiger partial charge in [0, 0.05) is 17.6 Å². The predicted octanol–water partition coefficient (Wildman–Crippen LogP) is 3.96. The molecule has 1 saturated heterocycles. The molecule has 1 aromatic rings. The van der Waals surface area contributed by atoms with Crippen molar-refractivity contribution in [2.45, 2.75) is 52.1 Å². The van der Waals surface area contributed by atoms with Crippen molar-refractivity contribution in [3.63, 3.8) is 0 Å². The average Bonchev–Trinajstić information content (AvgIpc) is 2.34. The molecule has 0 aromatic heterocycles. The largest absolute Gasteiger partial charge is 0.508 e. The van der Waals surface area contributed by atoms with Gasteiger partial charge < -0.3 is 5.11 Å². The van der Waals surface area contributed by atoms with Crippen LogP contribution < -0.4 is 0 Å². The highest BCUT2D eigenvalue weighted by molar-refractivity contribution is 5.34. The number of piperidine rings is 1. The van der Waals surface area contributed by atoms with Crippen molar-refractivity contribution in [3.05, 3.63) is 29.8 Å². The third kappa shape index (κ3) is 2.69. The highest BCUT2D eigenvalue weighted by Gasteiger charge is 2.29. The predicted molar refractivity (Wildman–Crippen MR) is 75.7 cm³/mol. The molecule has 0 aliphatic carbocycles. The van der Waals surface area contributed by atoms with E-state index in [0.717, 1.165) is 24.4 Å². The number of phenols is 1. The molecule has 18 heavy (non-hydrogen) atoms. The van der Waals surface area contributed by atoms with Gasteiger partial charge in [-0.05, 0) is 44.7 Å². The first-order chi connectivity index (χ1) is 8.63. The van der Waals surface area contributed by atoms with E-state index < -0.39 is 0 Å². The van der Waals surface area contributed by atoms with Crippen molar-refractivity contribution < 1.29 is 5.11 Å². The minimum atomic E-state index is 0.355. The molecule has 3 unspecified atom stereocenters. The third-order valence-electron chi connectivity index (χ3n) is 4.27. The van der Waals surface area contributed by atoms with Crippen LogP contribution in [0.5, 0.6) is 5.75 Å². The van der Waals surface area contributed by atoms with Gasteiger partial charge in [-0.15, -0.1) is 0 Å². The Hall–Kier alpha value is -1.02. The van der Waals surface area contributed by atoms with Gasteiger partial charge in [0.1, 0.15) is 5.75 Å². The lowest BCUT2D eigenvalue weighted by Gasteiger charge is -2.42. The molecule has 2 nitrogen and oxygen atoms in total. The topological polar surface area (TPSA) is 23.5 Å². The Labute approximate surface area is 111 Å². The van der Waals surface area contributed by atoms with Crippen LogP contribution in [0.1, 0.15) is 51.6 Å². The second-order valence-electron chi connectivity index (χ2n) is 5.70. The molecule has 100 valence electrons. The number of phenolic OH excluding ortho intramolecular Hbond substituents is 1. The molecular formula is C16H25NO. The van der Waals surface area contributed by atoms with E-state index in [1.54, 1.807) is 6.07 Å². The molecule has 3 atom stereocenters. The van der Waals surface area contributed by atoms with Crippen LogP contribution in [0, 0.1) is 5.92 Å². The van der Waals surface area contributed by atoms with Crippen LogP contribution in [0.4, 0.5) is 0 Å². The molecule has 1 aliphatic heterocycles. The highest BCUT2D eigenvalue weighted by Crippen LogP contribution is 2.36. The van der Waals surface area contributed by atoms with E-state index in [9.17, 15) is 5.11 Å². The zero-order chi connectivity index (χ0) is 13.1. The summed E-state index contributed by atoms with van der Waals surface area (Å²) in [6.45, 7) is 8.02. The summed E-state index contributed by atoms with van der Waals surface area (Å²) in [6, 6.07) is 8.75. The van der Waals surface area contributed by atoms with E-state index in [1.165, 1.54) is 12.8 Å². The monoisotopic (exact) mass is 247 g/mol. The summed E-state index contributed by atoms with van der Waals surface area (Å²) in [5.74, 6) is 1.27. The summed E-state index contributed by atoms with van der Waals surface area (Å²) in [5, 5.41) is 10.1. The summed E-state index contributed by atoms with van der Waals surface area (Å²) in [5.41, 5.74) is 1.08. The van der Waals surface area contributed by atoms with E-state index in [4.69, 9.17) is 0 Å². The lowest BCUT2D eigenvalue weighted by molar-refractivity contribution is 0.0779. The maximum Gasteiger partial charge on any atom is 0.120 e. The minimum Gasteiger partial charge on any atom is -0.508 e. The summed E-state index contributed by atoms with van der Waals surface area (Å²) in [6.07, 6.45) is 3.59. The van der Waals surface area contributed by atoms with Gasteiger partial charge in [0.25, 0.3) is 0 Å². The molecule has 1 heterocycles. The molecule has 1 aliphatic rings. The maximum atomic E-state index is 10.1. The Bertz CT molecular complexity index is 390. The van der Waals surface area contributed by atoms with Crippen LogP contribution in [-0.4, -0.2) is 22.6 Å². The second kappa shape index (κ2) is 5.75. The zero-order valence-electron chi connectivity index (χ0n) is 11.8. The average molecular weight is 247 g/mol. The van der Waals surface area contributed by atoms with E-state index in [-0.39, 0.29) is 0 Å². The minimum absolute atomic E-state index is 0.355. The Morgan fingerprint density at radius 3 is 2.67 bits per heavy atom. The quantitative estimate of drug-likeness (QED) is 0.873. The Morgan fingerprint density at radius 2 is 2.06 bits per heavy atom. The van der Waals surface area contributed by atoms with Gasteiger partial charge in [-0.3, -0.25) is 4.90 Å². The first-order valence-electron chi connectivity index (χ1n) is 7.17. The lowest BCUT2D eigenvalue weighted by Crippen LogP contribution is -2.42. The Balaban J connectivity index is 2.21. The number of benzene rings is 1. The number of nitrogens with zero attached hydrogens (tertiary/aromatic N) is 1. The second-order valence-corrected chi connectivity index (χ2v) is 5.70. The van der Waals surface area contributed by atoms with Gasteiger partial charge in [-0.1, -0.05) is 32.0 Å². The molecule has 2 rings (SSSR count). The van der Waals surface area contributed by atoms with E-state index in [0.29, 0.717) is 17.8 Å². The van der Waals surface area contributed by atoms with Crippen LogP contribution in [0.15, 0.2) is 24.3 Å². The fraction of sp³-hybridized carbons (Fsp3) is 0.625. The van der Waals surface area contributed by atoms with Gasteiger partial charge in [0.05, 0.1) is 0 Å². The van der Waals surface area contributed by atoms with Crippen molar-refractivity contribution in [1.29, 1.82) is 0 Å². The van der Waals surface area contributed by atoms with Gasteiger partial charge in [0.15, 0.2) is 0 Å². The maximum absolute atomic E-state index is 10.1. The van der Waals surface area contributed by atoms with Crippen LogP contribution in [0.3, 0.4) is 0 Å². The lowest BCUT2D eigenvalue weighted by atomic mass is 9.90. The molecule has 0 saturated carbocycles. The van der Waals surface area contributed by atoms with Crippen molar-refractivity contribution in [2.24, 2.45) is 5.92 Å². The number of hydrogen-bond acceptors (Lipinski definition) is 2. The van der Waals surface area contributed by atoms with E-state index in [2.05, 4.69) is 31.7 Å². The molecule has 1 aromatic carbocycles. The van der Waals surface area contributed by atoms with E-state index in [1.807, 2.05) is 12.1 Å². The smallest absolute Gasteiger partial charge is 0.120 e. The third-order valence-corrected chi connectivity index (χ3v) is 4.27. The van der Waals surface area contributed by atoms with Crippen molar-refractivity contribution in [1.82, 2.24) is 4.90 Å². The molecule has 1 N–H and O–H groups in total. The molecule has 0 radical (unpaired) electrons.